The van der Waals surface area contributed by atoms with Crippen molar-refractivity contribution in [1.29, 1.82) is 0 Å². The number of rotatable bonds is 2. The Morgan fingerprint density at radius 3 is 1.58 bits per heavy atom. The lowest BCUT2D eigenvalue weighted by molar-refractivity contribution is 0.332. The number of nitrogens with zero attached hydrogens (tertiary/aromatic N) is 3. The summed E-state index contributed by atoms with van der Waals surface area (Å²) in [5, 5.41) is 6.69. The van der Waals surface area contributed by atoms with E-state index >= 15 is 0 Å². The lowest BCUT2D eigenvalue weighted by atomic mass is 9.36. The van der Waals surface area contributed by atoms with E-state index in [0.29, 0.717) is 0 Å². The molecule has 0 radical (unpaired) electrons. The maximum Gasteiger partial charge on any atom is 0.264 e. The minimum absolute atomic E-state index is 0.0132. The van der Waals surface area contributed by atoms with Crippen LogP contribution in [0.1, 0.15) is 157 Å². The van der Waals surface area contributed by atoms with Gasteiger partial charge in [-0.2, -0.15) is 0 Å². The zero-order valence-electron chi connectivity index (χ0n) is 46.3. The maximum absolute atomic E-state index is 2.68. The molecular weight excluding hydrogens is 902 g/mol. The van der Waals surface area contributed by atoms with Crippen molar-refractivity contribution < 1.29 is 0 Å². The highest BCUT2D eigenvalue weighted by Gasteiger charge is 2.45. The summed E-state index contributed by atoms with van der Waals surface area (Å²) < 4.78 is 8.06. The Hall–Kier alpha value is -6.04. The van der Waals surface area contributed by atoms with E-state index in [9.17, 15) is 0 Å². The highest BCUT2D eigenvalue weighted by molar-refractivity contribution is 7.33. The van der Waals surface area contributed by atoms with Gasteiger partial charge in [-0.05, 0) is 169 Å². The fraction of sp³-hybridized carbons (Fsp3) is 0.353. The average Bonchev–Trinajstić information content (AvgIpc) is 3.97. The Morgan fingerprint density at radius 1 is 0.452 bits per heavy atom. The third-order valence-electron chi connectivity index (χ3n) is 17.8. The second kappa shape index (κ2) is 14.8. The third-order valence-corrected chi connectivity index (χ3v) is 19.0. The molecule has 5 heteroatoms. The molecule has 5 heterocycles. The molecule has 0 bridgehead atoms. The number of fused-ring (bicyclic) bond motifs is 13. The quantitative estimate of drug-likeness (QED) is 0.157. The van der Waals surface area contributed by atoms with E-state index < -0.39 is 0 Å². The first-order valence-corrected chi connectivity index (χ1v) is 27.9. The Balaban J connectivity index is 1.17. The van der Waals surface area contributed by atoms with Crippen LogP contribution in [-0.4, -0.2) is 15.8 Å². The fourth-order valence-corrected chi connectivity index (χ4v) is 14.5. The molecule has 3 aromatic heterocycles. The van der Waals surface area contributed by atoms with Gasteiger partial charge >= 0.3 is 0 Å². The molecule has 1 aliphatic carbocycles. The van der Waals surface area contributed by atoms with E-state index in [1.807, 2.05) is 11.3 Å². The molecule has 0 unspecified atom stereocenters. The van der Waals surface area contributed by atoms with Crippen molar-refractivity contribution in [2.24, 2.45) is 0 Å². The predicted octanol–water partition coefficient (Wildman–Crippen LogP) is 17.2. The van der Waals surface area contributed by atoms with Crippen LogP contribution in [-0.2, 0) is 32.5 Å². The number of aromatic nitrogens is 2. The minimum atomic E-state index is -0.0736. The van der Waals surface area contributed by atoms with Crippen LogP contribution in [0.15, 0.2) is 121 Å². The molecule has 0 N–H and O–H groups in total. The van der Waals surface area contributed by atoms with Crippen LogP contribution in [0.25, 0.3) is 65.1 Å². The standard InChI is InChI=1S/C68H72BN3S/c1-63(2,3)39-20-25-43(26-21-39)70-55-37-51-50(67(13,14)30-31-68(51,15)16)36-47(55)45-35-46-48-33-42(66(10,11)12)34-52-60(48)72(57(46)38-56(45)70)54-19-17-18-53-59(54)69(52)62-61(49-32-41(65(7,8)9)24-29-58(49)73-62)71(53)44-27-22-40(23-28-44)64(4,5)6/h17-29,32-38H,30-31H2,1-16H3. The summed E-state index contributed by atoms with van der Waals surface area (Å²) in [5.41, 5.74) is 22.9. The number of anilines is 3. The molecule has 0 spiro atoms. The zero-order chi connectivity index (χ0) is 51.4. The topological polar surface area (TPSA) is 13.1 Å². The molecule has 0 fully saturated rings. The Labute approximate surface area is 438 Å². The van der Waals surface area contributed by atoms with Crippen LogP contribution in [0.3, 0.4) is 0 Å². The van der Waals surface area contributed by atoms with Gasteiger partial charge in [0.05, 0.1) is 22.2 Å². The van der Waals surface area contributed by atoms with Crippen molar-refractivity contribution >= 4 is 105 Å². The third kappa shape index (κ3) is 6.75. The van der Waals surface area contributed by atoms with E-state index in [0.717, 1.165) is 0 Å². The molecule has 0 saturated carbocycles. The van der Waals surface area contributed by atoms with Gasteiger partial charge in [0.15, 0.2) is 0 Å². The lowest BCUT2D eigenvalue weighted by Crippen LogP contribution is -2.59. The highest BCUT2D eigenvalue weighted by atomic mass is 32.1. The van der Waals surface area contributed by atoms with Gasteiger partial charge in [0.1, 0.15) is 0 Å². The van der Waals surface area contributed by atoms with Crippen LogP contribution in [0.2, 0.25) is 0 Å². The first-order valence-electron chi connectivity index (χ1n) is 27.1. The predicted molar refractivity (Wildman–Crippen MR) is 320 cm³/mol. The van der Waals surface area contributed by atoms with Gasteiger partial charge < -0.3 is 14.0 Å². The molecule has 10 aromatic rings. The molecule has 3 aliphatic rings. The van der Waals surface area contributed by atoms with Crippen LogP contribution in [0, 0.1) is 0 Å². The molecular formula is C68H72BN3S. The number of hydrogen-bond donors (Lipinski definition) is 0. The van der Waals surface area contributed by atoms with E-state index in [1.54, 1.807) is 0 Å². The van der Waals surface area contributed by atoms with Crippen molar-refractivity contribution in [3.8, 4) is 11.4 Å². The Bertz CT molecular complexity index is 3990. The summed E-state index contributed by atoms with van der Waals surface area (Å²) in [6.45, 7) is 38.0. The summed E-state index contributed by atoms with van der Waals surface area (Å²) in [5.74, 6) is 0. The minimum Gasteiger partial charge on any atom is -0.310 e. The van der Waals surface area contributed by atoms with Gasteiger partial charge in [0.2, 0.25) is 0 Å². The lowest BCUT2D eigenvalue weighted by Gasteiger charge is -2.42. The van der Waals surface area contributed by atoms with E-state index in [1.165, 1.54) is 144 Å². The molecule has 7 aromatic carbocycles. The Kier molecular flexibility index (Phi) is 9.50. The second-order valence-corrected chi connectivity index (χ2v) is 28.9. The average molecular weight is 974 g/mol. The first kappa shape index (κ1) is 46.7. The zero-order valence-corrected chi connectivity index (χ0v) is 47.1. The molecule has 0 amide bonds. The van der Waals surface area contributed by atoms with Gasteiger partial charge in [-0.1, -0.05) is 153 Å². The molecule has 368 valence electrons. The summed E-state index contributed by atoms with van der Waals surface area (Å²) in [4.78, 5) is 2.63. The summed E-state index contributed by atoms with van der Waals surface area (Å²) >= 11 is 2.01. The van der Waals surface area contributed by atoms with E-state index in [4.69, 9.17) is 0 Å². The van der Waals surface area contributed by atoms with E-state index in [-0.39, 0.29) is 39.2 Å². The van der Waals surface area contributed by atoms with Gasteiger partial charge in [0.25, 0.3) is 6.71 Å². The van der Waals surface area contributed by atoms with E-state index in [2.05, 4.69) is 246 Å². The van der Waals surface area contributed by atoms with Crippen molar-refractivity contribution in [1.82, 2.24) is 9.13 Å². The SMILES string of the molecule is CC(C)(C)c1ccc(N2c3cccc4c3B(c3sc5ccc(C(C)(C)C)cc5c32)c2cc(C(C)(C)C)cc3c5cc6c7cc8c(cc7n(-c7ccc(C(C)(C)C)cc7)c6cc5n-4c23)C(C)(C)CCC8(C)C)cc1. The molecule has 0 saturated heterocycles. The summed E-state index contributed by atoms with van der Waals surface area (Å²) in [7, 11) is 0. The highest BCUT2D eigenvalue weighted by Crippen LogP contribution is 2.51. The summed E-state index contributed by atoms with van der Waals surface area (Å²) in [6, 6.07) is 48.9. The second-order valence-electron chi connectivity index (χ2n) is 27.8. The largest absolute Gasteiger partial charge is 0.310 e. The van der Waals surface area contributed by atoms with Crippen molar-refractivity contribution in [2.75, 3.05) is 4.90 Å². The molecule has 73 heavy (non-hydrogen) atoms. The van der Waals surface area contributed by atoms with Gasteiger partial charge in [0, 0.05) is 64.7 Å². The van der Waals surface area contributed by atoms with Crippen molar-refractivity contribution in [2.45, 2.75) is 156 Å². The van der Waals surface area contributed by atoms with Crippen LogP contribution >= 0.6 is 11.3 Å². The number of thiophene rings is 1. The van der Waals surface area contributed by atoms with Crippen LogP contribution in [0.5, 0.6) is 0 Å². The molecule has 0 atom stereocenters. The molecule has 3 nitrogen and oxygen atoms in total. The summed E-state index contributed by atoms with van der Waals surface area (Å²) in [6.07, 6.45) is 2.36. The first-order chi connectivity index (χ1) is 34.2. The molecule has 2 aliphatic heterocycles. The van der Waals surface area contributed by atoms with Gasteiger partial charge in [-0.3, -0.25) is 0 Å². The normalized spacial score (nSPS) is 16.3. The van der Waals surface area contributed by atoms with Crippen molar-refractivity contribution in [3.63, 3.8) is 0 Å². The van der Waals surface area contributed by atoms with Crippen LogP contribution in [0.4, 0.5) is 17.1 Å². The smallest absolute Gasteiger partial charge is 0.264 e. The number of benzene rings is 7. The van der Waals surface area contributed by atoms with Crippen molar-refractivity contribution in [3.05, 3.63) is 155 Å². The van der Waals surface area contributed by atoms with Crippen LogP contribution < -0.4 is 20.6 Å². The monoisotopic (exact) mass is 974 g/mol. The number of hydrogen-bond acceptors (Lipinski definition) is 2. The Morgan fingerprint density at radius 2 is 0.959 bits per heavy atom. The van der Waals surface area contributed by atoms with Gasteiger partial charge in [-0.15, -0.1) is 11.3 Å². The maximum atomic E-state index is 2.68. The van der Waals surface area contributed by atoms with Gasteiger partial charge in [-0.25, -0.2) is 0 Å². The fourth-order valence-electron chi connectivity index (χ4n) is 13.2. The molecule has 13 rings (SSSR count).